The van der Waals surface area contributed by atoms with Crippen LogP contribution in [-0.4, -0.2) is 24.1 Å². The molecule has 0 bridgehead atoms. The average molecular weight is 285 g/mol. The third-order valence-corrected chi connectivity index (χ3v) is 2.76. The predicted molar refractivity (Wildman–Crippen MR) is 85.2 cm³/mol. The van der Waals surface area contributed by atoms with E-state index in [1.807, 2.05) is 36.4 Å². The smallest absolute Gasteiger partial charge is 0.319 e. The largest absolute Gasteiger partial charge is 0.397 e. The first kappa shape index (κ1) is 14.6. The molecule has 0 fully saturated rings. The van der Waals surface area contributed by atoms with E-state index in [9.17, 15) is 4.79 Å². The summed E-state index contributed by atoms with van der Waals surface area (Å²) in [5, 5.41) is 8.71. The zero-order valence-corrected chi connectivity index (χ0v) is 11.7. The molecule has 2 rings (SSSR count). The molecular weight excluding hydrogens is 266 g/mol. The predicted octanol–water partition coefficient (Wildman–Crippen LogP) is 2.29. The number of nitrogens with one attached hydrogen (secondary N) is 3. The first-order chi connectivity index (χ1) is 10.2. The molecule has 6 nitrogen and oxygen atoms in total. The van der Waals surface area contributed by atoms with E-state index >= 15 is 0 Å². The first-order valence-electron chi connectivity index (χ1n) is 6.79. The van der Waals surface area contributed by atoms with Gasteiger partial charge in [0.25, 0.3) is 0 Å². The number of amides is 2. The third kappa shape index (κ3) is 5.40. The number of hydrogen-bond acceptors (Lipinski definition) is 4. The van der Waals surface area contributed by atoms with Crippen LogP contribution in [0, 0.1) is 0 Å². The molecule has 0 aliphatic heterocycles. The van der Waals surface area contributed by atoms with Crippen LogP contribution in [0.3, 0.4) is 0 Å². The van der Waals surface area contributed by atoms with Gasteiger partial charge in [0.05, 0.1) is 11.9 Å². The number of benzene rings is 1. The number of urea groups is 1. The minimum Gasteiger partial charge on any atom is -0.397 e. The molecule has 0 saturated carbocycles. The van der Waals surface area contributed by atoms with Crippen molar-refractivity contribution in [2.75, 3.05) is 29.5 Å². The Balaban J connectivity index is 1.59. The van der Waals surface area contributed by atoms with Crippen LogP contribution in [0.5, 0.6) is 0 Å². The Kier molecular flexibility index (Phi) is 5.40. The molecule has 21 heavy (non-hydrogen) atoms. The van der Waals surface area contributed by atoms with Gasteiger partial charge in [-0.2, -0.15) is 0 Å². The van der Waals surface area contributed by atoms with Crippen molar-refractivity contribution in [2.24, 2.45) is 0 Å². The molecule has 1 aromatic carbocycles. The number of aromatic nitrogens is 1. The van der Waals surface area contributed by atoms with Crippen molar-refractivity contribution in [3.8, 4) is 0 Å². The quantitative estimate of drug-likeness (QED) is 0.613. The van der Waals surface area contributed by atoms with Crippen molar-refractivity contribution in [1.29, 1.82) is 0 Å². The molecule has 0 aliphatic rings. The van der Waals surface area contributed by atoms with Gasteiger partial charge < -0.3 is 21.7 Å². The molecule has 2 amide bonds. The topological polar surface area (TPSA) is 92.1 Å². The molecular formula is C15H19N5O. The van der Waals surface area contributed by atoms with Gasteiger partial charge in [-0.3, -0.25) is 0 Å². The fourth-order valence-corrected chi connectivity index (χ4v) is 1.71. The highest BCUT2D eigenvalue weighted by molar-refractivity contribution is 5.89. The molecule has 0 saturated heterocycles. The summed E-state index contributed by atoms with van der Waals surface area (Å²) >= 11 is 0. The second-order valence-electron chi connectivity index (χ2n) is 4.50. The Labute approximate surface area is 123 Å². The molecule has 6 heteroatoms. The second-order valence-corrected chi connectivity index (χ2v) is 4.50. The first-order valence-corrected chi connectivity index (χ1v) is 6.79. The van der Waals surface area contributed by atoms with E-state index in [0.29, 0.717) is 12.2 Å². The van der Waals surface area contributed by atoms with E-state index in [0.717, 1.165) is 24.5 Å². The average Bonchev–Trinajstić information content (AvgIpc) is 2.50. The van der Waals surface area contributed by atoms with E-state index < -0.39 is 0 Å². The van der Waals surface area contributed by atoms with Gasteiger partial charge in [0.1, 0.15) is 5.82 Å². The number of carbonyl (C=O) groups excluding carboxylic acids is 1. The lowest BCUT2D eigenvalue weighted by Gasteiger charge is -2.08. The summed E-state index contributed by atoms with van der Waals surface area (Å²) < 4.78 is 0. The lowest BCUT2D eigenvalue weighted by Crippen LogP contribution is -2.30. The summed E-state index contributed by atoms with van der Waals surface area (Å²) in [6, 6.07) is 12.7. The molecule has 5 N–H and O–H groups in total. The van der Waals surface area contributed by atoms with Crippen molar-refractivity contribution in [2.45, 2.75) is 6.42 Å². The number of para-hydroxylation sites is 1. The van der Waals surface area contributed by atoms with Crippen LogP contribution in [0.1, 0.15) is 6.42 Å². The minimum atomic E-state index is -0.202. The van der Waals surface area contributed by atoms with Crippen molar-refractivity contribution in [3.05, 3.63) is 48.7 Å². The zero-order chi connectivity index (χ0) is 14.9. The molecule has 0 aliphatic carbocycles. The molecule has 0 unspecified atom stereocenters. The van der Waals surface area contributed by atoms with Gasteiger partial charge in [0.2, 0.25) is 0 Å². The summed E-state index contributed by atoms with van der Waals surface area (Å²) in [6.45, 7) is 1.31. The maximum Gasteiger partial charge on any atom is 0.319 e. The van der Waals surface area contributed by atoms with Crippen LogP contribution < -0.4 is 21.7 Å². The molecule has 0 atom stereocenters. The SMILES string of the molecule is Nc1ccc(NCCCNC(=O)Nc2ccccc2)nc1. The summed E-state index contributed by atoms with van der Waals surface area (Å²) in [7, 11) is 0. The number of nitrogen functional groups attached to an aromatic ring is 1. The Bertz CT molecular complexity index is 556. The summed E-state index contributed by atoms with van der Waals surface area (Å²) in [5.74, 6) is 0.776. The molecule has 2 aromatic rings. The highest BCUT2D eigenvalue weighted by Gasteiger charge is 1.99. The Morgan fingerprint density at radius 3 is 2.62 bits per heavy atom. The van der Waals surface area contributed by atoms with Crippen LogP contribution in [0.2, 0.25) is 0 Å². The van der Waals surface area contributed by atoms with Gasteiger partial charge in [0, 0.05) is 18.8 Å². The van der Waals surface area contributed by atoms with Crippen LogP contribution in [0.25, 0.3) is 0 Å². The van der Waals surface area contributed by atoms with E-state index in [2.05, 4.69) is 20.9 Å². The van der Waals surface area contributed by atoms with Crippen molar-refractivity contribution in [1.82, 2.24) is 10.3 Å². The number of carbonyl (C=O) groups is 1. The van der Waals surface area contributed by atoms with Gasteiger partial charge in [-0.1, -0.05) is 18.2 Å². The lowest BCUT2D eigenvalue weighted by atomic mass is 10.3. The number of anilines is 3. The van der Waals surface area contributed by atoms with Crippen LogP contribution in [0.15, 0.2) is 48.7 Å². The van der Waals surface area contributed by atoms with Gasteiger partial charge in [-0.15, -0.1) is 0 Å². The molecule has 1 aromatic heterocycles. The lowest BCUT2D eigenvalue weighted by molar-refractivity contribution is 0.252. The number of rotatable bonds is 6. The summed E-state index contributed by atoms with van der Waals surface area (Å²) in [6.07, 6.45) is 2.40. The van der Waals surface area contributed by atoms with E-state index in [4.69, 9.17) is 5.73 Å². The van der Waals surface area contributed by atoms with Gasteiger partial charge in [-0.25, -0.2) is 9.78 Å². The van der Waals surface area contributed by atoms with Gasteiger partial charge in [0.15, 0.2) is 0 Å². The van der Waals surface area contributed by atoms with E-state index in [1.165, 1.54) is 0 Å². The van der Waals surface area contributed by atoms with Crippen molar-refractivity contribution < 1.29 is 4.79 Å². The highest BCUT2D eigenvalue weighted by Crippen LogP contribution is 2.05. The minimum absolute atomic E-state index is 0.202. The fourth-order valence-electron chi connectivity index (χ4n) is 1.71. The molecule has 110 valence electrons. The van der Waals surface area contributed by atoms with E-state index in [-0.39, 0.29) is 6.03 Å². The number of nitrogens with zero attached hydrogens (tertiary/aromatic N) is 1. The van der Waals surface area contributed by atoms with Gasteiger partial charge >= 0.3 is 6.03 Å². The fraction of sp³-hybridized carbons (Fsp3) is 0.200. The monoisotopic (exact) mass is 285 g/mol. The Hall–Kier alpha value is -2.76. The number of hydrogen-bond donors (Lipinski definition) is 4. The van der Waals surface area contributed by atoms with Crippen LogP contribution >= 0.6 is 0 Å². The molecule has 1 heterocycles. The van der Waals surface area contributed by atoms with E-state index in [1.54, 1.807) is 12.3 Å². The van der Waals surface area contributed by atoms with Gasteiger partial charge in [-0.05, 0) is 30.7 Å². The third-order valence-electron chi connectivity index (χ3n) is 2.76. The van der Waals surface area contributed by atoms with Crippen LogP contribution in [0.4, 0.5) is 22.0 Å². The van der Waals surface area contributed by atoms with Crippen LogP contribution in [-0.2, 0) is 0 Å². The number of nitrogens with two attached hydrogens (primary N) is 1. The normalized spacial score (nSPS) is 9.90. The van der Waals surface area contributed by atoms with Crippen molar-refractivity contribution in [3.63, 3.8) is 0 Å². The molecule has 0 spiro atoms. The highest BCUT2D eigenvalue weighted by atomic mass is 16.2. The van der Waals surface area contributed by atoms with Crippen molar-refractivity contribution >= 4 is 23.2 Å². The number of pyridine rings is 1. The zero-order valence-electron chi connectivity index (χ0n) is 11.7. The standard InChI is InChI=1S/C15H19N5O/c16-12-7-8-14(19-11-12)17-9-4-10-18-15(21)20-13-5-2-1-3-6-13/h1-3,5-8,11H,4,9-10,16H2,(H,17,19)(H2,18,20,21). The second kappa shape index (κ2) is 7.74. The maximum absolute atomic E-state index is 11.6. The Morgan fingerprint density at radius 2 is 1.90 bits per heavy atom. The summed E-state index contributed by atoms with van der Waals surface area (Å²) in [5.41, 5.74) is 6.97. The Morgan fingerprint density at radius 1 is 1.10 bits per heavy atom. The molecule has 0 radical (unpaired) electrons. The maximum atomic E-state index is 11.6. The summed E-state index contributed by atoms with van der Waals surface area (Å²) in [4.78, 5) is 15.7.